The fraction of sp³-hybridized carbons (Fsp3) is 0.273. The summed E-state index contributed by atoms with van der Waals surface area (Å²) in [5.41, 5.74) is -0.216. The minimum absolute atomic E-state index is 0.0480. The summed E-state index contributed by atoms with van der Waals surface area (Å²) in [5.74, 6) is -1.18. The molecule has 1 N–H and O–H groups in total. The van der Waals surface area contributed by atoms with E-state index >= 15 is 0 Å². The molecular formula is C11H8F3NO3. The molecule has 0 fully saturated rings. The number of nitrogens with zero attached hydrogens (tertiary/aromatic N) is 1. The monoisotopic (exact) mass is 259 g/mol. The van der Waals surface area contributed by atoms with E-state index in [4.69, 9.17) is 9.84 Å². The van der Waals surface area contributed by atoms with E-state index in [1.165, 1.54) is 6.07 Å². The van der Waals surface area contributed by atoms with Gasteiger partial charge in [0.15, 0.2) is 0 Å². The third-order valence-electron chi connectivity index (χ3n) is 2.40. The van der Waals surface area contributed by atoms with Gasteiger partial charge in [-0.05, 0) is 11.6 Å². The maximum absolute atomic E-state index is 12.5. The predicted molar refractivity (Wildman–Crippen MR) is 54.5 cm³/mol. The number of ether oxygens (including phenoxy) is 1. The number of fused-ring (bicyclic) bond motifs is 1. The van der Waals surface area contributed by atoms with Gasteiger partial charge in [0.05, 0.1) is 18.9 Å². The molecule has 0 aromatic carbocycles. The first-order valence-corrected chi connectivity index (χ1v) is 4.96. The summed E-state index contributed by atoms with van der Waals surface area (Å²) >= 11 is 0. The van der Waals surface area contributed by atoms with E-state index in [0.29, 0.717) is 11.1 Å². The zero-order valence-electron chi connectivity index (χ0n) is 8.99. The Morgan fingerprint density at radius 3 is 2.72 bits per heavy atom. The quantitative estimate of drug-likeness (QED) is 0.784. The van der Waals surface area contributed by atoms with Gasteiger partial charge in [-0.3, -0.25) is 0 Å². The number of aromatic nitrogens is 1. The Balaban J connectivity index is 2.46. The van der Waals surface area contributed by atoms with Crippen molar-refractivity contribution in [3.63, 3.8) is 0 Å². The van der Waals surface area contributed by atoms with E-state index in [1.807, 2.05) is 0 Å². The minimum atomic E-state index is -4.52. The first-order valence-electron chi connectivity index (χ1n) is 4.96. The molecule has 4 nitrogen and oxygen atoms in total. The lowest BCUT2D eigenvalue weighted by atomic mass is 10.0. The van der Waals surface area contributed by atoms with Gasteiger partial charge in [-0.1, -0.05) is 6.07 Å². The van der Waals surface area contributed by atoms with Crippen LogP contribution in [0.25, 0.3) is 5.57 Å². The lowest BCUT2D eigenvalue weighted by Gasteiger charge is -2.19. The molecule has 1 aliphatic rings. The van der Waals surface area contributed by atoms with Crippen LogP contribution in [0, 0.1) is 0 Å². The van der Waals surface area contributed by atoms with Crippen molar-refractivity contribution in [2.75, 3.05) is 6.61 Å². The zero-order valence-corrected chi connectivity index (χ0v) is 8.99. The number of carboxylic acids is 1. The van der Waals surface area contributed by atoms with Gasteiger partial charge in [0.2, 0.25) is 0 Å². The van der Waals surface area contributed by atoms with Crippen molar-refractivity contribution >= 4 is 11.5 Å². The first-order chi connectivity index (χ1) is 8.38. The van der Waals surface area contributed by atoms with Crippen molar-refractivity contribution in [3.8, 4) is 0 Å². The molecule has 0 radical (unpaired) electrons. The van der Waals surface area contributed by atoms with Crippen molar-refractivity contribution in [3.05, 3.63) is 35.2 Å². The van der Waals surface area contributed by atoms with E-state index in [0.717, 1.165) is 12.1 Å². The normalized spacial score (nSPS) is 17.6. The van der Waals surface area contributed by atoms with Gasteiger partial charge in [0.1, 0.15) is 5.69 Å². The molecule has 1 aromatic heterocycles. The molecule has 1 aromatic rings. The molecule has 0 unspecified atom stereocenters. The summed E-state index contributed by atoms with van der Waals surface area (Å²) < 4.78 is 42.4. The molecule has 0 aliphatic carbocycles. The van der Waals surface area contributed by atoms with Crippen molar-refractivity contribution in [1.29, 1.82) is 0 Å². The van der Waals surface area contributed by atoms with Crippen LogP contribution in [0.5, 0.6) is 0 Å². The average molecular weight is 259 g/mol. The lowest BCUT2D eigenvalue weighted by Crippen LogP contribution is -2.16. The Morgan fingerprint density at radius 2 is 2.11 bits per heavy atom. The van der Waals surface area contributed by atoms with Crippen molar-refractivity contribution in [2.45, 2.75) is 12.8 Å². The van der Waals surface area contributed by atoms with E-state index in [-0.39, 0.29) is 18.9 Å². The summed E-state index contributed by atoms with van der Waals surface area (Å²) in [4.78, 5) is 14.0. The topological polar surface area (TPSA) is 59.4 Å². The van der Waals surface area contributed by atoms with E-state index < -0.39 is 17.8 Å². The Hall–Kier alpha value is -1.89. The number of alkyl halides is 3. The largest absolute Gasteiger partial charge is 0.478 e. The summed E-state index contributed by atoms with van der Waals surface area (Å²) in [5, 5.41) is 8.64. The molecule has 0 saturated carbocycles. The highest BCUT2D eigenvalue weighted by Gasteiger charge is 2.33. The molecule has 2 heterocycles. The van der Waals surface area contributed by atoms with Crippen LogP contribution in [-0.2, 0) is 22.3 Å². The molecule has 0 atom stereocenters. The molecule has 7 heteroatoms. The molecule has 0 bridgehead atoms. The maximum Gasteiger partial charge on any atom is 0.433 e. The minimum Gasteiger partial charge on any atom is -0.478 e. The fourth-order valence-electron chi connectivity index (χ4n) is 1.67. The number of carbonyl (C=O) groups is 1. The van der Waals surface area contributed by atoms with E-state index in [1.54, 1.807) is 0 Å². The molecule has 1 aliphatic heterocycles. The van der Waals surface area contributed by atoms with Gasteiger partial charge in [0.25, 0.3) is 0 Å². The maximum atomic E-state index is 12.5. The molecule has 0 amide bonds. The SMILES string of the molecule is O=C(O)/C=C1\COCc2nc(C(F)(F)F)ccc21. The van der Waals surface area contributed by atoms with Crippen LogP contribution in [0.2, 0.25) is 0 Å². The molecule has 0 saturated heterocycles. The second kappa shape index (κ2) is 4.41. The van der Waals surface area contributed by atoms with Crippen LogP contribution in [0.4, 0.5) is 13.2 Å². The second-order valence-corrected chi connectivity index (χ2v) is 3.69. The number of pyridine rings is 1. The Kier molecular flexibility index (Phi) is 3.08. The Labute approximate surface area is 99.7 Å². The van der Waals surface area contributed by atoms with Crippen molar-refractivity contribution < 1.29 is 27.8 Å². The molecular weight excluding hydrogens is 251 g/mol. The van der Waals surface area contributed by atoms with E-state index in [9.17, 15) is 18.0 Å². The van der Waals surface area contributed by atoms with E-state index in [2.05, 4.69) is 4.98 Å². The van der Waals surface area contributed by atoms with Crippen LogP contribution < -0.4 is 0 Å². The van der Waals surface area contributed by atoms with Gasteiger partial charge < -0.3 is 9.84 Å². The van der Waals surface area contributed by atoms with Crippen LogP contribution in [0.15, 0.2) is 18.2 Å². The molecule has 2 rings (SSSR count). The number of aliphatic carboxylic acids is 1. The highest BCUT2D eigenvalue weighted by molar-refractivity contribution is 5.90. The lowest BCUT2D eigenvalue weighted by molar-refractivity contribution is -0.141. The summed E-state index contributed by atoms with van der Waals surface area (Å²) in [6, 6.07) is 2.06. The number of halogens is 3. The van der Waals surface area contributed by atoms with Gasteiger partial charge >= 0.3 is 12.1 Å². The second-order valence-electron chi connectivity index (χ2n) is 3.69. The Morgan fingerprint density at radius 1 is 1.39 bits per heavy atom. The van der Waals surface area contributed by atoms with Gasteiger partial charge in [-0.15, -0.1) is 0 Å². The standard InChI is InChI=1S/C11H8F3NO3/c12-11(13,14)9-2-1-7-6(3-10(16)17)4-18-5-8(7)15-9/h1-3H,4-5H2,(H,16,17)/b6-3+. The number of rotatable bonds is 1. The van der Waals surface area contributed by atoms with Crippen LogP contribution in [-0.4, -0.2) is 22.7 Å². The molecule has 0 spiro atoms. The third kappa shape index (κ3) is 2.51. The number of carboxylic acid groups (broad SMARTS) is 1. The Bertz CT molecular complexity index is 523. The van der Waals surface area contributed by atoms with Crippen molar-refractivity contribution in [1.82, 2.24) is 4.98 Å². The summed E-state index contributed by atoms with van der Waals surface area (Å²) in [7, 11) is 0. The van der Waals surface area contributed by atoms with Gasteiger partial charge in [-0.25, -0.2) is 9.78 Å². The zero-order chi connectivity index (χ0) is 13.3. The van der Waals surface area contributed by atoms with Crippen LogP contribution in [0.3, 0.4) is 0 Å². The number of hydrogen-bond acceptors (Lipinski definition) is 3. The number of hydrogen-bond donors (Lipinski definition) is 1. The van der Waals surface area contributed by atoms with Crippen molar-refractivity contribution in [2.24, 2.45) is 0 Å². The van der Waals surface area contributed by atoms with Gasteiger partial charge in [-0.2, -0.15) is 13.2 Å². The smallest absolute Gasteiger partial charge is 0.433 e. The fourth-order valence-corrected chi connectivity index (χ4v) is 1.67. The summed E-state index contributed by atoms with van der Waals surface area (Å²) in [6.07, 6.45) is -3.61. The highest BCUT2D eigenvalue weighted by Crippen LogP contribution is 2.31. The van der Waals surface area contributed by atoms with Gasteiger partial charge in [0, 0.05) is 11.6 Å². The van der Waals surface area contributed by atoms with Crippen LogP contribution in [0.1, 0.15) is 17.0 Å². The predicted octanol–water partition coefficient (Wildman–Crippen LogP) is 2.10. The molecule has 18 heavy (non-hydrogen) atoms. The highest BCUT2D eigenvalue weighted by atomic mass is 19.4. The average Bonchev–Trinajstić information content (AvgIpc) is 2.27. The first kappa shape index (κ1) is 12.6. The summed E-state index contributed by atoms with van der Waals surface area (Å²) in [6.45, 7) is -0.0114. The third-order valence-corrected chi connectivity index (χ3v) is 2.40. The molecule has 96 valence electrons. The van der Waals surface area contributed by atoms with Crippen LogP contribution >= 0.6 is 0 Å².